The minimum absolute atomic E-state index is 0.0599. The summed E-state index contributed by atoms with van der Waals surface area (Å²) in [7, 11) is 0. The molecule has 1 aliphatic rings. The number of piperidine rings is 1. The van der Waals surface area contributed by atoms with E-state index < -0.39 is 12.2 Å². The Morgan fingerprint density at radius 1 is 0.820 bits per heavy atom. The first-order valence-corrected chi connectivity index (χ1v) is 20.5. The van der Waals surface area contributed by atoms with E-state index in [1.807, 2.05) is 84.9 Å². The molecular weight excluding hydrogens is 773 g/mol. The zero-order valence-electron chi connectivity index (χ0n) is 33.7. The number of nitrogens with one attached hydrogen (secondary N) is 5. The van der Waals surface area contributed by atoms with E-state index in [0.29, 0.717) is 66.7 Å². The molecule has 6 aromatic rings. The molecule has 0 unspecified atom stereocenters. The number of benzene rings is 5. The van der Waals surface area contributed by atoms with Gasteiger partial charge < -0.3 is 40.8 Å². The lowest BCUT2D eigenvalue weighted by molar-refractivity contribution is -0.121. The number of ether oxygens (including phenoxy) is 1. The predicted octanol–water partition coefficient (Wildman–Crippen LogP) is 6.74. The molecule has 0 radical (unpaired) electrons. The third kappa shape index (κ3) is 11.7. The standard InChI is InChI=1S/C48H50N6O7/c55-42-18-16-39(40-17-19-45(58)53-46(40)42)43(56)31-49-24-20-32-8-7-13-36(29-32)51-47(59)35-12-6-9-33(28-35)30-50-44(57)23-27-54-25-21-37(22-26-54)61-48(60)52-41-15-5-4-14-38(41)34-10-2-1-3-11-34/h1-19,28-29,37,43,49,55-56H,20-27,30-31H2,(H,50,57)(H,51,59)(H,52,60)(H,53,58)/t43-/m0/s1. The molecule has 1 fully saturated rings. The summed E-state index contributed by atoms with van der Waals surface area (Å²) in [6, 6.07) is 38.3. The van der Waals surface area contributed by atoms with Crippen molar-refractivity contribution in [1.29, 1.82) is 0 Å². The van der Waals surface area contributed by atoms with E-state index in [0.717, 1.165) is 35.3 Å². The Bertz CT molecular complexity index is 2520. The van der Waals surface area contributed by atoms with Crippen LogP contribution in [0.3, 0.4) is 0 Å². The Morgan fingerprint density at radius 3 is 2.43 bits per heavy atom. The molecule has 2 heterocycles. The zero-order valence-corrected chi connectivity index (χ0v) is 33.7. The van der Waals surface area contributed by atoms with Crippen molar-refractivity contribution in [3.8, 4) is 16.9 Å². The lowest BCUT2D eigenvalue weighted by atomic mass is 10.0. The van der Waals surface area contributed by atoms with Crippen LogP contribution in [0.25, 0.3) is 22.0 Å². The monoisotopic (exact) mass is 822 g/mol. The highest BCUT2D eigenvalue weighted by Gasteiger charge is 2.23. The summed E-state index contributed by atoms with van der Waals surface area (Å²) in [4.78, 5) is 55.3. The quantitative estimate of drug-likeness (QED) is 0.0520. The Balaban J connectivity index is 0.798. The lowest BCUT2D eigenvalue weighted by Crippen LogP contribution is -2.40. The number of aliphatic hydroxyl groups excluding tert-OH is 1. The van der Waals surface area contributed by atoms with Crippen molar-refractivity contribution < 1.29 is 29.3 Å². The van der Waals surface area contributed by atoms with E-state index in [1.54, 1.807) is 30.3 Å². The maximum atomic E-state index is 13.2. The van der Waals surface area contributed by atoms with Gasteiger partial charge in [-0.3, -0.25) is 19.7 Å². The Hall–Kier alpha value is -6.80. The normalized spacial score (nSPS) is 13.7. The van der Waals surface area contributed by atoms with Gasteiger partial charge in [0.25, 0.3) is 5.91 Å². The van der Waals surface area contributed by atoms with Gasteiger partial charge in [-0.05, 0) is 90.5 Å². The van der Waals surface area contributed by atoms with E-state index in [4.69, 9.17) is 4.74 Å². The lowest BCUT2D eigenvalue weighted by Gasteiger charge is -2.31. The van der Waals surface area contributed by atoms with Crippen molar-refractivity contribution >= 4 is 40.2 Å². The van der Waals surface area contributed by atoms with Crippen molar-refractivity contribution in [3.05, 3.63) is 160 Å². The van der Waals surface area contributed by atoms with Gasteiger partial charge >= 0.3 is 6.09 Å². The van der Waals surface area contributed by atoms with E-state index in [-0.39, 0.29) is 47.8 Å². The number of H-pyrrole nitrogens is 1. The summed E-state index contributed by atoms with van der Waals surface area (Å²) in [5.41, 5.74) is 6.08. The van der Waals surface area contributed by atoms with E-state index >= 15 is 0 Å². The first-order valence-electron chi connectivity index (χ1n) is 20.5. The number of hydrogen-bond acceptors (Lipinski definition) is 9. The largest absolute Gasteiger partial charge is 0.506 e. The third-order valence-corrected chi connectivity index (χ3v) is 10.8. The van der Waals surface area contributed by atoms with Crippen molar-refractivity contribution in [2.45, 2.75) is 44.4 Å². The van der Waals surface area contributed by atoms with Gasteiger partial charge in [0.1, 0.15) is 11.9 Å². The number of carbonyl (C=O) groups is 3. The topological polar surface area (TPSA) is 185 Å². The number of phenols is 1. The Kier molecular flexibility index (Phi) is 14.2. The average molecular weight is 823 g/mol. The Labute approximate surface area is 353 Å². The molecule has 3 amide bonds. The van der Waals surface area contributed by atoms with Crippen LogP contribution in [0, 0.1) is 0 Å². The summed E-state index contributed by atoms with van der Waals surface area (Å²) < 4.78 is 5.76. The number of fused-ring (bicyclic) bond motifs is 1. The van der Waals surface area contributed by atoms with Crippen LogP contribution in [-0.4, -0.2) is 76.8 Å². The number of aromatic hydroxyl groups is 1. The van der Waals surface area contributed by atoms with Crippen molar-refractivity contribution in [2.24, 2.45) is 0 Å². The minimum Gasteiger partial charge on any atom is -0.506 e. The molecule has 0 saturated carbocycles. The molecule has 1 saturated heterocycles. The van der Waals surface area contributed by atoms with Crippen molar-refractivity contribution in [1.82, 2.24) is 20.5 Å². The number of aromatic nitrogens is 1. The summed E-state index contributed by atoms with van der Waals surface area (Å²) in [5, 5.41) is 33.7. The van der Waals surface area contributed by atoms with Crippen LogP contribution in [0.1, 0.15) is 52.4 Å². The first-order chi connectivity index (χ1) is 29.7. The molecule has 0 spiro atoms. The second-order valence-corrected chi connectivity index (χ2v) is 15.1. The van der Waals surface area contributed by atoms with Gasteiger partial charge in [0.2, 0.25) is 11.5 Å². The van der Waals surface area contributed by atoms with Crippen LogP contribution >= 0.6 is 0 Å². The number of aromatic amines is 1. The number of rotatable bonds is 16. The van der Waals surface area contributed by atoms with Gasteiger partial charge in [0.15, 0.2) is 0 Å². The number of carbonyl (C=O) groups excluding carboxylic acids is 3. The predicted molar refractivity (Wildman–Crippen MR) is 237 cm³/mol. The zero-order chi connectivity index (χ0) is 42.6. The van der Waals surface area contributed by atoms with E-state index in [1.165, 1.54) is 12.1 Å². The molecule has 1 aliphatic heterocycles. The number of pyridine rings is 1. The number of aliphatic hydroxyl groups is 1. The molecule has 314 valence electrons. The number of para-hydroxylation sites is 1. The van der Waals surface area contributed by atoms with Gasteiger partial charge in [0, 0.05) is 67.4 Å². The van der Waals surface area contributed by atoms with Crippen molar-refractivity contribution in [3.63, 3.8) is 0 Å². The molecule has 0 aliphatic carbocycles. The van der Waals surface area contributed by atoms with Crippen molar-refractivity contribution in [2.75, 3.05) is 43.4 Å². The van der Waals surface area contributed by atoms with Gasteiger partial charge in [-0.25, -0.2) is 4.79 Å². The molecule has 5 aromatic carbocycles. The fourth-order valence-electron chi connectivity index (χ4n) is 7.51. The molecule has 13 nitrogen and oxygen atoms in total. The maximum absolute atomic E-state index is 13.2. The molecule has 0 bridgehead atoms. The van der Waals surface area contributed by atoms with E-state index in [2.05, 4.69) is 31.2 Å². The molecule has 7 rings (SSSR count). The maximum Gasteiger partial charge on any atom is 0.411 e. The Morgan fingerprint density at radius 2 is 1.59 bits per heavy atom. The number of hydrogen-bond donors (Lipinski definition) is 7. The molecule has 7 N–H and O–H groups in total. The highest BCUT2D eigenvalue weighted by Crippen LogP contribution is 2.29. The summed E-state index contributed by atoms with van der Waals surface area (Å²) in [5.74, 6) is -0.414. The number of phenolic OH excluding ortho intramolecular Hbond substituents is 1. The van der Waals surface area contributed by atoms with Crippen LogP contribution in [0.4, 0.5) is 16.2 Å². The van der Waals surface area contributed by atoms with Gasteiger partial charge in [0.05, 0.1) is 17.3 Å². The fraction of sp³-hybridized carbons (Fsp3) is 0.250. The smallest absolute Gasteiger partial charge is 0.411 e. The number of likely N-dealkylation sites (tertiary alicyclic amines) is 1. The summed E-state index contributed by atoms with van der Waals surface area (Å²) in [6.45, 7) is 3.15. The molecule has 61 heavy (non-hydrogen) atoms. The van der Waals surface area contributed by atoms with E-state index in [9.17, 15) is 29.4 Å². The molecule has 13 heteroatoms. The second-order valence-electron chi connectivity index (χ2n) is 15.1. The van der Waals surface area contributed by atoms with Crippen LogP contribution < -0.4 is 26.8 Å². The van der Waals surface area contributed by atoms with Crippen LogP contribution in [-0.2, 0) is 22.5 Å². The molecule has 1 atom stereocenters. The minimum atomic E-state index is -0.863. The highest BCUT2D eigenvalue weighted by atomic mass is 16.6. The fourth-order valence-corrected chi connectivity index (χ4v) is 7.51. The van der Waals surface area contributed by atoms with Crippen LogP contribution in [0.15, 0.2) is 132 Å². The second kappa shape index (κ2) is 20.4. The highest BCUT2D eigenvalue weighted by molar-refractivity contribution is 6.04. The number of amides is 3. The molecular formula is C48H50N6O7. The summed E-state index contributed by atoms with van der Waals surface area (Å²) in [6.07, 6.45) is 0.801. The van der Waals surface area contributed by atoms with Gasteiger partial charge in [-0.2, -0.15) is 0 Å². The first kappa shape index (κ1) is 42.3. The van der Waals surface area contributed by atoms with Crippen LogP contribution in [0.5, 0.6) is 5.75 Å². The SMILES string of the molecule is O=C(CCN1CCC(OC(=O)Nc2ccccc2-c2ccccc2)CC1)NCc1cccc(C(=O)Nc2cccc(CCNC[C@H](O)c3ccc(O)c4[nH]c(=O)ccc34)c2)c1. The summed E-state index contributed by atoms with van der Waals surface area (Å²) >= 11 is 0. The van der Waals surface area contributed by atoms with Crippen LogP contribution in [0.2, 0.25) is 0 Å². The average Bonchev–Trinajstić information content (AvgIpc) is 3.28. The van der Waals surface area contributed by atoms with Gasteiger partial charge in [-0.15, -0.1) is 0 Å². The number of nitrogens with zero attached hydrogens (tertiary/aromatic N) is 1. The third-order valence-electron chi connectivity index (χ3n) is 10.8. The molecule has 1 aromatic heterocycles. The number of anilines is 2. The van der Waals surface area contributed by atoms with Gasteiger partial charge in [-0.1, -0.05) is 78.9 Å².